The molecule has 4 nitrogen and oxygen atoms in total. The number of hydrogen-bond acceptors (Lipinski definition) is 4. The first kappa shape index (κ1) is 8.40. The molecule has 0 saturated carbocycles. The van der Waals surface area contributed by atoms with Crippen molar-refractivity contribution in [3.63, 3.8) is 0 Å². The van der Waals surface area contributed by atoms with Gasteiger partial charge in [-0.25, -0.2) is 0 Å². The third-order valence-electron chi connectivity index (χ3n) is 1.82. The summed E-state index contributed by atoms with van der Waals surface area (Å²) in [4.78, 5) is 23.0. The Morgan fingerprint density at radius 3 is 2.92 bits per heavy atom. The molecule has 2 heterocycles. The molecule has 1 aliphatic rings. The van der Waals surface area contributed by atoms with E-state index in [9.17, 15) is 9.59 Å². The Balaban J connectivity index is 2.17. The van der Waals surface area contributed by atoms with Crippen LogP contribution in [0, 0.1) is 0 Å². The van der Waals surface area contributed by atoms with Crippen molar-refractivity contribution in [1.29, 1.82) is 0 Å². The van der Waals surface area contributed by atoms with Gasteiger partial charge in [0.25, 0.3) is 0 Å². The average molecular weight is 196 g/mol. The number of hydrogen-bond donors (Lipinski definition) is 2. The fraction of sp³-hybridized carbons (Fsp3) is 0.250. The van der Waals surface area contributed by atoms with Gasteiger partial charge in [-0.15, -0.1) is 11.3 Å². The van der Waals surface area contributed by atoms with Gasteiger partial charge in [0.1, 0.15) is 6.04 Å². The Morgan fingerprint density at radius 2 is 2.31 bits per heavy atom. The standard InChI is InChI=1S/C8H8N2O2S/c11-6-4-9-7(8(12)10-6)5-2-1-3-13-5/h1-3,7,9H,4H2,(H,10,11,12). The lowest BCUT2D eigenvalue weighted by Crippen LogP contribution is -2.50. The quantitative estimate of drug-likeness (QED) is 0.623. The van der Waals surface area contributed by atoms with Crippen LogP contribution in [0.25, 0.3) is 0 Å². The number of rotatable bonds is 1. The van der Waals surface area contributed by atoms with Crippen LogP contribution in [0.1, 0.15) is 10.9 Å². The van der Waals surface area contributed by atoms with Crippen molar-refractivity contribution >= 4 is 23.2 Å². The lowest BCUT2D eigenvalue weighted by Gasteiger charge is -2.20. The van der Waals surface area contributed by atoms with Crippen LogP contribution in [0.4, 0.5) is 0 Å². The largest absolute Gasteiger partial charge is 0.294 e. The van der Waals surface area contributed by atoms with Gasteiger partial charge in [-0.2, -0.15) is 0 Å². The smallest absolute Gasteiger partial charge is 0.249 e. The average Bonchev–Trinajstić information content (AvgIpc) is 2.56. The van der Waals surface area contributed by atoms with Gasteiger partial charge >= 0.3 is 0 Å². The van der Waals surface area contributed by atoms with Gasteiger partial charge in [0.2, 0.25) is 11.8 Å². The van der Waals surface area contributed by atoms with Gasteiger partial charge in [0.15, 0.2) is 0 Å². The number of piperazine rings is 1. The van der Waals surface area contributed by atoms with E-state index in [-0.39, 0.29) is 24.4 Å². The summed E-state index contributed by atoms with van der Waals surface area (Å²) in [5.74, 6) is -0.531. The Labute approximate surface area is 78.9 Å². The van der Waals surface area contributed by atoms with Crippen molar-refractivity contribution in [2.75, 3.05) is 6.54 Å². The number of thiophene rings is 1. The molecule has 1 saturated heterocycles. The van der Waals surface area contributed by atoms with E-state index in [4.69, 9.17) is 0 Å². The molecule has 1 aromatic rings. The highest BCUT2D eigenvalue weighted by atomic mass is 32.1. The molecule has 1 aliphatic heterocycles. The summed E-state index contributed by atoms with van der Waals surface area (Å²) in [6, 6.07) is 3.39. The van der Waals surface area contributed by atoms with Gasteiger partial charge in [-0.1, -0.05) is 6.07 Å². The molecule has 2 rings (SSSR count). The molecule has 0 radical (unpaired) electrons. The predicted molar refractivity (Wildman–Crippen MR) is 48.2 cm³/mol. The van der Waals surface area contributed by atoms with Crippen molar-refractivity contribution in [2.45, 2.75) is 6.04 Å². The van der Waals surface area contributed by atoms with Crippen molar-refractivity contribution in [3.05, 3.63) is 22.4 Å². The monoisotopic (exact) mass is 196 g/mol. The maximum Gasteiger partial charge on any atom is 0.249 e. The molecule has 1 atom stereocenters. The highest BCUT2D eigenvalue weighted by molar-refractivity contribution is 7.10. The van der Waals surface area contributed by atoms with E-state index in [1.54, 1.807) is 0 Å². The molecular weight excluding hydrogens is 188 g/mol. The summed E-state index contributed by atoms with van der Waals surface area (Å²) in [6.07, 6.45) is 0. The molecule has 1 aromatic heterocycles. The van der Waals surface area contributed by atoms with Crippen LogP contribution < -0.4 is 10.6 Å². The van der Waals surface area contributed by atoms with Gasteiger partial charge in [0, 0.05) is 4.88 Å². The van der Waals surface area contributed by atoms with Crippen LogP contribution in [0.3, 0.4) is 0 Å². The SMILES string of the molecule is O=C1CNC(c2cccs2)C(=O)N1. The Morgan fingerprint density at radius 1 is 1.46 bits per heavy atom. The molecule has 2 N–H and O–H groups in total. The van der Waals surface area contributed by atoms with E-state index in [0.29, 0.717) is 0 Å². The number of nitrogens with one attached hydrogen (secondary N) is 2. The number of carbonyl (C=O) groups is 2. The zero-order chi connectivity index (χ0) is 9.26. The molecule has 1 fully saturated rings. The van der Waals surface area contributed by atoms with Gasteiger partial charge in [0.05, 0.1) is 6.54 Å². The molecule has 2 amide bonds. The summed E-state index contributed by atoms with van der Waals surface area (Å²) in [7, 11) is 0. The molecule has 0 aliphatic carbocycles. The predicted octanol–water partition coefficient (Wildman–Crippen LogP) is 0.0352. The molecular formula is C8H8N2O2S. The molecule has 0 spiro atoms. The summed E-state index contributed by atoms with van der Waals surface area (Å²) in [5.41, 5.74) is 0. The second-order valence-corrected chi connectivity index (χ2v) is 3.72. The minimum atomic E-state index is -0.363. The van der Waals surface area contributed by atoms with Crippen LogP contribution >= 0.6 is 11.3 Å². The highest BCUT2D eigenvalue weighted by Crippen LogP contribution is 2.19. The van der Waals surface area contributed by atoms with Crippen LogP contribution in [-0.4, -0.2) is 18.4 Å². The maximum absolute atomic E-state index is 11.3. The van der Waals surface area contributed by atoms with Crippen molar-refractivity contribution in [2.24, 2.45) is 0 Å². The minimum absolute atomic E-state index is 0.203. The first-order valence-corrected chi connectivity index (χ1v) is 4.76. The molecule has 13 heavy (non-hydrogen) atoms. The van der Waals surface area contributed by atoms with E-state index in [1.165, 1.54) is 11.3 Å². The summed E-state index contributed by atoms with van der Waals surface area (Å²) in [5, 5.41) is 7.06. The second kappa shape index (κ2) is 3.27. The molecule has 0 bridgehead atoms. The number of imide groups is 1. The van der Waals surface area contributed by atoms with Crippen LogP contribution in [-0.2, 0) is 9.59 Å². The lowest BCUT2D eigenvalue weighted by atomic mass is 10.2. The first-order valence-electron chi connectivity index (χ1n) is 3.88. The number of amides is 2. The van der Waals surface area contributed by atoms with Crippen molar-refractivity contribution < 1.29 is 9.59 Å². The van der Waals surface area contributed by atoms with Gasteiger partial charge < -0.3 is 0 Å². The van der Waals surface area contributed by atoms with Crippen molar-refractivity contribution in [3.8, 4) is 0 Å². The Kier molecular flexibility index (Phi) is 2.12. The van der Waals surface area contributed by atoms with E-state index < -0.39 is 0 Å². The van der Waals surface area contributed by atoms with E-state index in [1.807, 2.05) is 17.5 Å². The third-order valence-corrected chi connectivity index (χ3v) is 2.76. The Hall–Kier alpha value is -1.20. The molecule has 68 valence electrons. The van der Waals surface area contributed by atoms with Gasteiger partial charge in [-0.05, 0) is 11.4 Å². The summed E-state index contributed by atoms with van der Waals surface area (Å²) >= 11 is 1.50. The lowest BCUT2D eigenvalue weighted by molar-refractivity contribution is -0.134. The topological polar surface area (TPSA) is 58.2 Å². The molecule has 1 unspecified atom stereocenters. The van der Waals surface area contributed by atoms with Crippen LogP contribution in [0.5, 0.6) is 0 Å². The van der Waals surface area contributed by atoms with E-state index in [2.05, 4.69) is 10.6 Å². The third kappa shape index (κ3) is 1.61. The highest BCUT2D eigenvalue weighted by Gasteiger charge is 2.27. The summed E-state index contributed by atoms with van der Waals surface area (Å²) < 4.78 is 0. The first-order chi connectivity index (χ1) is 6.27. The molecule has 0 aromatic carbocycles. The van der Waals surface area contributed by atoms with Crippen LogP contribution in [0.15, 0.2) is 17.5 Å². The summed E-state index contributed by atoms with van der Waals surface area (Å²) in [6.45, 7) is 0.203. The Bertz CT molecular complexity index is 334. The van der Waals surface area contributed by atoms with E-state index in [0.717, 1.165) is 4.88 Å². The zero-order valence-electron chi connectivity index (χ0n) is 6.74. The fourth-order valence-corrected chi connectivity index (χ4v) is 2.02. The fourth-order valence-electron chi connectivity index (χ4n) is 1.23. The zero-order valence-corrected chi connectivity index (χ0v) is 7.56. The normalized spacial score (nSPS) is 22.9. The minimum Gasteiger partial charge on any atom is -0.294 e. The maximum atomic E-state index is 11.3. The second-order valence-electron chi connectivity index (χ2n) is 2.74. The van der Waals surface area contributed by atoms with E-state index >= 15 is 0 Å². The van der Waals surface area contributed by atoms with Crippen molar-refractivity contribution in [1.82, 2.24) is 10.6 Å². The van der Waals surface area contributed by atoms with Crippen LogP contribution in [0.2, 0.25) is 0 Å². The molecule has 5 heteroatoms. The number of carbonyl (C=O) groups excluding carboxylic acids is 2. The van der Waals surface area contributed by atoms with Gasteiger partial charge in [-0.3, -0.25) is 20.2 Å².